The molecule has 2 aromatic heterocycles. The van der Waals surface area contributed by atoms with Crippen LogP contribution in [-0.4, -0.2) is 40.8 Å². The fraction of sp³-hybridized carbons (Fsp3) is 0.300. The zero-order chi connectivity index (χ0) is 19.7. The van der Waals surface area contributed by atoms with E-state index in [1.807, 2.05) is 26.2 Å². The topological polar surface area (TPSA) is 75.5 Å². The summed E-state index contributed by atoms with van der Waals surface area (Å²) < 4.78 is 21.9. The smallest absolute Gasteiger partial charge is 0.166 e. The summed E-state index contributed by atoms with van der Waals surface area (Å²) in [6.07, 6.45) is 3.39. The standard InChI is InChI=1S/C20H23FN6O/c1-12-17-11-24-27-7-6-19(26-20(17)27)25-13(2)16-8-14(21)4-5-18(16)28-15(9-22-3)10-23-12/h4-8,11,13,15,22-23H,1,9-10H2,2-3H3,(H,25,26)/t13-,15-/m1/s1. The maximum Gasteiger partial charge on any atom is 0.166 e. The minimum absolute atomic E-state index is 0.180. The van der Waals surface area contributed by atoms with E-state index >= 15 is 0 Å². The van der Waals surface area contributed by atoms with E-state index in [-0.39, 0.29) is 18.0 Å². The lowest BCUT2D eigenvalue weighted by Gasteiger charge is -2.24. The van der Waals surface area contributed by atoms with E-state index in [9.17, 15) is 4.39 Å². The molecular weight excluding hydrogens is 359 g/mol. The van der Waals surface area contributed by atoms with Crippen LogP contribution < -0.4 is 20.7 Å². The second-order valence-electron chi connectivity index (χ2n) is 6.84. The molecule has 28 heavy (non-hydrogen) atoms. The predicted octanol–water partition coefficient (Wildman–Crippen LogP) is 2.58. The third-order valence-corrected chi connectivity index (χ3v) is 4.77. The summed E-state index contributed by atoms with van der Waals surface area (Å²) in [5.74, 6) is 0.992. The predicted molar refractivity (Wildman–Crippen MR) is 107 cm³/mol. The Labute approximate surface area is 162 Å². The van der Waals surface area contributed by atoms with Gasteiger partial charge in [0.1, 0.15) is 23.5 Å². The SMILES string of the molecule is C=C1NC[C@@H](CNC)Oc2ccc(F)cc2[C@@H](C)Nc2ccn3ncc1c3n2. The number of fused-ring (bicyclic) bond motifs is 2. The molecule has 4 rings (SSSR count). The van der Waals surface area contributed by atoms with E-state index < -0.39 is 0 Å². The van der Waals surface area contributed by atoms with Crippen molar-refractivity contribution in [1.29, 1.82) is 0 Å². The Morgan fingerprint density at radius 2 is 2.25 bits per heavy atom. The number of rotatable bonds is 2. The van der Waals surface area contributed by atoms with Crippen molar-refractivity contribution >= 4 is 17.2 Å². The molecular formula is C20H23FN6O. The summed E-state index contributed by atoms with van der Waals surface area (Å²) >= 11 is 0. The third-order valence-electron chi connectivity index (χ3n) is 4.77. The number of aromatic nitrogens is 3. The van der Waals surface area contributed by atoms with Gasteiger partial charge in [-0.05, 0) is 38.2 Å². The molecule has 8 heteroatoms. The van der Waals surface area contributed by atoms with Crippen molar-refractivity contribution in [3.05, 3.63) is 60.2 Å². The summed E-state index contributed by atoms with van der Waals surface area (Å²) in [4.78, 5) is 4.67. The van der Waals surface area contributed by atoms with Gasteiger partial charge in [-0.1, -0.05) is 6.58 Å². The Bertz CT molecular complexity index is 1020. The first-order chi connectivity index (χ1) is 13.5. The van der Waals surface area contributed by atoms with Gasteiger partial charge in [-0.15, -0.1) is 0 Å². The lowest BCUT2D eigenvalue weighted by Crippen LogP contribution is -2.38. The van der Waals surface area contributed by atoms with Crippen LogP contribution in [0.3, 0.4) is 0 Å². The van der Waals surface area contributed by atoms with Crippen LogP contribution >= 0.6 is 0 Å². The summed E-state index contributed by atoms with van der Waals surface area (Å²) in [6.45, 7) is 7.23. The highest BCUT2D eigenvalue weighted by atomic mass is 19.1. The van der Waals surface area contributed by atoms with Crippen molar-refractivity contribution in [2.75, 3.05) is 25.5 Å². The van der Waals surface area contributed by atoms with Gasteiger partial charge in [0.15, 0.2) is 5.65 Å². The number of halogens is 1. The number of ether oxygens (including phenoxy) is 1. The Morgan fingerprint density at radius 3 is 3.07 bits per heavy atom. The average molecular weight is 382 g/mol. The van der Waals surface area contributed by atoms with Gasteiger partial charge >= 0.3 is 0 Å². The summed E-state index contributed by atoms with van der Waals surface area (Å²) in [5.41, 5.74) is 2.97. The van der Waals surface area contributed by atoms with Gasteiger partial charge in [-0.25, -0.2) is 13.9 Å². The third kappa shape index (κ3) is 3.50. The molecule has 0 aliphatic carbocycles. The molecule has 0 unspecified atom stereocenters. The lowest BCUT2D eigenvalue weighted by molar-refractivity contribution is 0.200. The molecule has 2 bridgehead atoms. The number of benzene rings is 1. The normalized spacial score (nSPS) is 19.6. The van der Waals surface area contributed by atoms with Gasteiger partial charge in [0.05, 0.1) is 24.3 Å². The Balaban J connectivity index is 1.80. The first-order valence-corrected chi connectivity index (χ1v) is 9.20. The summed E-state index contributed by atoms with van der Waals surface area (Å²) in [7, 11) is 1.87. The van der Waals surface area contributed by atoms with Gasteiger partial charge < -0.3 is 20.7 Å². The molecule has 7 nitrogen and oxygen atoms in total. The molecule has 0 fully saturated rings. The second kappa shape index (κ2) is 7.47. The second-order valence-corrected chi connectivity index (χ2v) is 6.84. The molecule has 1 aliphatic heterocycles. The fourth-order valence-corrected chi connectivity index (χ4v) is 3.32. The molecule has 0 saturated carbocycles. The number of likely N-dealkylation sites (N-methyl/N-ethyl adjacent to an activating group) is 1. The molecule has 1 aliphatic rings. The minimum atomic E-state index is -0.307. The highest BCUT2D eigenvalue weighted by molar-refractivity contribution is 5.73. The molecule has 146 valence electrons. The number of nitrogens with zero attached hydrogens (tertiary/aromatic N) is 3. The van der Waals surface area contributed by atoms with Crippen molar-refractivity contribution in [1.82, 2.24) is 25.2 Å². The van der Waals surface area contributed by atoms with Gasteiger partial charge in [0.25, 0.3) is 0 Å². The van der Waals surface area contributed by atoms with Gasteiger partial charge in [0.2, 0.25) is 0 Å². The maximum atomic E-state index is 14.0. The van der Waals surface area contributed by atoms with Gasteiger partial charge in [-0.2, -0.15) is 5.10 Å². The quantitative estimate of drug-likeness (QED) is 0.633. The molecule has 0 spiro atoms. The maximum absolute atomic E-state index is 14.0. The van der Waals surface area contributed by atoms with Crippen LogP contribution in [0.4, 0.5) is 10.2 Å². The molecule has 3 aromatic rings. The number of anilines is 1. The van der Waals surface area contributed by atoms with Crippen LogP contribution in [0.2, 0.25) is 0 Å². The Morgan fingerprint density at radius 1 is 1.39 bits per heavy atom. The van der Waals surface area contributed by atoms with E-state index in [0.717, 1.165) is 16.8 Å². The zero-order valence-electron chi connectivity index (χ0n) is 15.9. The molecule has 3 N–H and O–H groups in total. The number of hydrogen-bond acceptors (Lipinski definition) is 6. The van der Waals surface area contributed by atoms with Crippen molar-refractivity contribution in [2.45, 2.75) is 19.1 Å². The van der Waals surface area contributed by atoms with Crippen molar-refractivity contribution in [3.8, 4) is 5.75 Å². The van der Waals surface area contributed by atoms with E-state index in [4.69, 9.17) is 4.74 Å². The molecule has 3 heterocycles. The molecule has 0 amide bonds. The van der Waals surface area contributed by atoms with Crippen LogP contribution in [0, 0.1) is 5.82 Å². The number of nitrogens with one attached hydrogen (secondary N) is 3. The summed E-state index contributed by atoms with van der Waals surface area (Å²) in [6, 6.07) is 6.21. The molecule has 2 atom stereocenters. The van der Waals surface area contributed by atoms with E-state index in [1.54, 1.807) is 16.8 Å². The fourth-order valence-electron chi connectivity index (χ4n) is 3.32. The van der Waals surface area contributed by atoms with Crippen LogP contribution in [0.25, 0.3) is 11.3 Å². The van der Waals surface area contributed by atoms with E-state index in [2.05, 4.69) is 32.6 Å². The van der Waals surface area contributed by atoms with E-state index in [1.165, 1.54) is 12.1 Å². The largest absolute Gasteiger partial charge is 0.487 e. The first-order valence-electron chi connectivity index (χ1n) is 9.20. The van der Waals surface area contributed by atoms with Crippen molar-refractivity contribution < 1.29 is 9.13 Å². The lowest BCUT2D eigenvalue weighted by atomic mass is 10.1. The van der Waals surface area contributed by atoms with Crippen LogP contribution in [0.15, 0.2) is 43.2 Å². The number of hydrogen-bond donors (Lipinski definition) is 3. The minimum Gasteiger partial charge on any atom is -0.487 e. The summed E-state index contributed by atoms with van der Waals surface area (Å²) in [5, 5.41) is 14.1. The Hall–Kier alpha value is -3.13. The Kier molecular flexibility index (Phi) is 4.87. The highest BCUT2D eigenvalue weighted by Crippen LogP contribution is 2.30. The van der Waals surface area contributed by atoms with E-state index in [0.29, 0.717) is 30.3 Å². The van der Waals surface area contributed by atoms with Crippen LogP contribution in [0.5, 0.6) is 5.75 Å². The first kappa shape index (κ1) is 18.2. The van der Waals surface area contributed by atoms with Crippen molar-refractivity contribution in [2.24, 2.45) is 0 Å². The highest BCUT2D eigenvalue weighted by Gasteiger charge is 2.20. The monoisotopic (exact) mass is 382 g/mol. The van der Waals surface area contributed by atoms with Gasteiger partial charge in [-0.3, -0.25) is 0 Å². The van der Waals surface area contributed by atoms with Crippen molar-refractivity contribution in [3.63, 3.8) is 0 Å². The van der Waals surface area contributed by atoms with Crippen LogP contribution in [0.1, 0.15) is 24.1 Å². The molecule has 1 aromatic carbocycles. The van der Waals surface area contributed by atoms with Gasteiger partial charge in [0, 0.05) is 24.0 Å². The average Bonchev–Trinajstić information content (AvgIpc) is 3.10. The van der Waals surface area contributed by atoms with Crippen LogP contribution in [-0.2, 0) is 0 Å². The molecule has 0 saturated heterocycles. The zero-order valence-corrected chi connectivity index (χ0v) is 15.9. The molecule has 0 radical (unpaired) electrons.